The van der Waals surface area contributed by atoms with Crippen molar-refractivity contribution in [1.29, 1.82) is 0 Å². The van der Waals surface area contributed by atoms with Gasteiger partial charge in [-0.2, -0.15) is 0 Å². The lowest BCUT2D eigenvalue weighted by Gasteiger charge is -2.29. The van der Waals surface area contributed by atoms with Crippen molar-refractivity contribution >= 4 is 11.6 Å². The molecule has 2 aliphatic rings. The molecule has 1 N–H and O–H groups in total. The van der Waals surface area contributed by atoms with E-state index in [1.807, 2.05) is 18.3 Å². The zero-order chi connectivity index (χ0) is 14.5. The van der Waals surface area contributed by atoms with Gasteiger partial charge in [-0.1, -0.05) is 24.4 Å². The van der Waals surface area contributed by atoms with Gasteiger partial charge in [-0.05, 0) is 69.5 Å². The minimum Gasteiger partial charge on any atom is -0.314 e. The molecule has 2 aliphatic carbocycles. The van der Waals surface area contributed by atoms with Gasteiger partial charge in [0.05, 0.1) is 10.7 Å². The Kier molecular flexibility index (Phi) is 5.54. The van der Waals surface area contributed by atoms with Crippen LogP contribution in [0.3, 0.4) is 0 Å². The lowest BCUT2D eigenvalue weighted by molar-refractivity contribution is 0.300. The van der Waals surface area contributed by atoms with Gasteiger partial charge in [0.2, 0.25) is 0 Å². The third-order valence-electron chi connectivity index (χ3n) is 5.36. The molecule has 0 radical (unpaired) electrons. The molecular weight excluding hydrogens is 280 g/mol. The number of nitrogens with one attached hydrogen (secondary N) is 1. The van der Waals surface area contributed by atoms with Crippen LogP contribution in [-0.2, 0) is 0 Å². The summed E-state index contributed by atoms with van der Waals surface area (Å²) >= 11 is 6.28. The number of nitrogens with zero attached hydrogens (tertiary/aromatic N) is 1. The summed E-state index contributed by atoms with van der Waals surface area (Å²) in [4.78, 5) is 4.50. The molecule has 0 unspecified atom stereocenters. The summed E-state index contributed by atoms with van der Waals surface area (Å²) in [6, 6.07) is 4.71. The Hall–Kier alpha value is -0.600. The van der Waals surface area contributed by atoms with Crippen LogP contribution in [0.5, 0.6) is 0 Å². The van der Waals surface area contributed by atoms with Crippen molar-refractivity contribution in [2.24, 2.45) is 5.92 Å². The van der Waals surface area contributed by atoms with Crippen LogP contribution in [0.25, 0.3) is 0 Å². The van der Waals surface area contributed by atoms with Gasteiger partial charge in [0, 0.05) is 18.2 Å². The molecule has 0 atom stereocenters. The van der Waals surface area contributed by atoms with Crippen LogP contribution in [0.2, 0.25) is 5.02 Å². The van der Waals surface area contributed by atoms with Gasteiger partial charge in [0.15, 0.2) is 0 Å². The first-order valence-corrected chi connectivity index (χ1v) is 9.04. The first-order valence-electron chi connectivity index (χ1n) is 8.66. The molecule has 1 aromatic heterocycles. The van der Waals surface area contributed by atoms with Gasteiger partial charge in [-0.25, -0.2) is 0 Å². The molecule has 0 aromatic carbocycles. The van der Waals surface area contributed by atoms with Crippen LogP contribution >= 0.6 is 11.6 Å². The van der Waals surface area contributed by atoms with Gasteiger partial charge < -0.3 is 5.32 Å². The van der Waals surface area contributed by atoms with E-state index in [2.05, 4.69) is 10.3 Å². The van der Waals surface area contributed by atoms with Gasteiger partial charge >= 0.3 is 0 Å². The third kappa shape index (κ3) is 4.20. The topological polar surface area (TPSA) is 24.9 Å². The van der Waals surface area contributed by atoms with Crippen molar-refractivity contribution in [3.8, 4) is 0 Å². The lowest BCUT2D eigenvalue weighted by atomic mass is 9.79. The highest BCUT2D eigenvalue weighted by Crippen LogP contribution is 2.38. The van der Waals surface area contributed by atoms with E-state index < -0.39 is 0 Å². The number of pyridine rings is 1. The summed E-state index contributed by atoms with van der Waals surface area (Å²) in [7, 11) is 0. The van der Waals surface area contributed by atoms with Gasteiger partial charge in [-0.15, -0.1) is 0 Å². The van der Waals surface area contributed by atoms with E-state index in [1.165, 1.54) is 64.3 Å². The fourth-order valence-electron chi connectivity index (χ4n) is 4.04. The fraction of sp³-hybridized carbons (Fsp3) is 0.722. The number of aromatic nitrogens is 1. The average molecular weight is 307 g/mol. The monoisotopic (exact) mass is 306 g/mol. The van der Waals surface area contributed by atoms with Crippen molar-refractivity contribution in [2.45, 2.75) is 69.7 Å². The summed E-state index contributed by atoms with van der Waals surface area (Å²) in [6.07, 6.45) is 14.0. The molecule has 3 heteroatoms. The van der Waals surface area contributed by atoms with Crippen LogP contribution in [0.1, 0.15) is 69.4 Å². The molecule has 2 nitrogen and oxygen atoms in total. The number of hydrogen-bond acceptors (Lipinski definition) is 2. The molecule has 2 saturated carbocycles. The predicted octanol–water partition coefficient (Wildman–Crippen LogP) is 4.93. The number of rotatable bonds is 5. The molecule has 0 amide bonds. The highest BCUT2D eigenvalue weighted by molar-refractivity contribution is 6.31. The zero-order valence-electron chi connectivity index (χ0n) is 12.9. The van der Waals surface area contributed by atoms with Crippen molar-refractivity contribution in [1.82, 2.24) is 10.3 Å². The quantitative estimate of drug-likeness (QED) is 0.834. The lowest BCUT2D eigenvalue weighted by Crippen LogP contribution is -2.28. The molecule has 116 valence electrons. The standard InChI is InChI=1S/C18H27ClN2/c19-17-6-3-12-21-18(17)15-9-7-14(8-10-15)11-13-20-16-4-1-2-5-16/h3,6,12,14-16,20H,1-2,4-5,7-11,13H2. The Morgan fingerprint density at radius 2 is 1.86 bits per heavy atom. The molecule has 0 bridgehead atoms. The van der Waals surface area contributed by atoms with Crippen LogP contribution in [0.15, 0.2) is 18.3 Å². The Morgan fingerprint density at radius 1 is 1.10 bits per heavy atom. The highest BCUT2D eigenvalue weighted by atomic mass is 35.5. The second-order valence-corrected chi connectivity index (χ2v) is 7.22. The van der Waals surface area contributed by atoms with Crippen LogP contribution < -0.4 is 5.32 Å². The van der Waals surface area contributed by atoms with E-state index in [1.54, 1.807) is 0 Å². The molecule has 3 rings (SSSR count). The molecule has 0 spiro atoms. The van der Waals surface area contributed by atoms with Crippen molar-refractivity contribution in [3.63, 3.8) is 0 Å². The highest BCUT2D eigenvalue weighted by Gasteiger charge is 2.24. The first kappa shape index (κ1) is 15.3. The smallest absolute Gasteiger partial charge is 0.0624 e. The summed E-state index contributed by atoms with van der Waals surface area (Å²) in [5.41, 5.74) is 1.13. The second-order valence-electron chi connectivity index (χ2n) is 6.81. The van der Waals surface area contributed by atoms with Crippen LogP contribution in [-0.4, -0.2) is 17.6 Å². The van der Waals surface area contributed by atoms with Gasteiger partial charge in [0.25, 0.3) is 0 Å². The Bertz CT molecular complexity index is 435. The molecular formula is C18H27ClN2. The SMILES string of the molecule is Clc1cccnc1C1CCC(CCNC2CCCC2)CC1. The molecule has 0 saturated heterocycles. The summed E-state index contributed by atoms with van der Waals surface area (Å²) in [6.45, 7) is 1.21. The van der Waals surface area contributed by atoms with Gasteiger partial charge in [0.1, 0.15) is 0 Å². The maximum atomic E-state index is 6.28. The minimum absolute atomic E-state index is 0.581. The van der Waals surface area contributed by atoms with E-state index in [-0.39, 0.29) is 0 Å². The van der Waals surface area contributed by atoms with Crippen molar-refractivity contribution in [2.75, 3.05) is 6.54 Å². The molecule has 1 heterocycles. The summed E-state index contributed by atoms with van der Waals surface area (Å²) in [5.74, 6) is 1.48. The van der Waals surface area contributed by atoms with Crippen LogP contribution in [0, 0.1) is 5.92 Å². The number of halogens is 1. The largest absolute Gasteiger partial charge is 0.314 e. The fourth-order valence-corrected chi connectivity index (χ4v) is 4.32. The van der Waals surface area contributed by atoms with E-state index in [0.29, 0.717) is 5.92 Å². The van der Waals surface area contributed by atoms with E-state index >= 15 is 0 Å². The predicted molar refractivity (Wildman–Crippen MR) is 88.8 cm³/mol. The summed E-state index contributed by atoms with van der Waals surface area (Å²) < 4.78 is 0. The number of hydrogen-bond donors (Lipinski definition) is 1. The van der Waals surface area contributed by atoms with Gasteiger partial charge in [-0.3, -0.25) is 4.98 Å². The first-order chi connectivity index (χ1) is 10.3. The molecule has 21 heavy (non-hydrogen) atoms. The maximum absolute atomic E-state index is 6.28. The molecule has 1 aromatic rings. The van der Waals surface area contributed by atoms with Crippen LogP contribution in [0.4, 0.5) is 0 Å². The third-order valence-corrected chi connectivity index (χ3v) is 5.68. The van der Waals surface area contributed by atoms with E-state index in [0.717, 1.165) is 22.7 Å². The van der Waals surface area contributed by atoms with E-state index in [4.69, 9.17) is 11.6 Å². The zero-order valence-corrected chi connectivity index (χ0v) is 13.6. The van der Waals surface area contributed by atoms with E-state index in [9.17, 15) is 0 Å². The maximum Gasteiger partial charge on any atom is 0.0624 e. The molecule has 2 fully saturated rings. The molecule has 0 aliphatic heterocycles. The Balaban J connectivity index is 1.39. The Morgan fingerprint density at radius 3 is 2.57 bits per heavy atom. The minimum atomic E-state index is 0.581. The normalized spacial score (nSPS) is 27.1. The summed E-state index contributed by atoms with van der Waals surface area (Å²) in [5, 5.41) is 4.60. The average Bonchev–Trinajstić information content (AvgIpc) is 3.02. The van der Waals surface area contributed by atoms with Crippen molar-refractivity contribution < 1.29 is 0 Å². The second kappa shape index (κ2) is 7.60. The van der Waals surface area contributed by atoms with Crippen molar-refractivity contribution in [3.05, 3.63) is 29.0 Å². The Labute approximate surface area is 133 Å².